The Balaban J connectivity index is 1.78. The number of anilines is 1. The number of nitrogens with zero attached hydrogens (tertiary/aromatic N) is 3. The molecule has 0 aliphatic carbocycles. The standard InChI is InChI=1S/C12H19ClN4O2S/c1-12(2,3)15-11(18)19-8-4-6-17(7-5-8)10-14-9(13)20-16-10/h8H,4-7H2,1-3H3,(H,15,18). The van der Waals surface area contributed by atoms with E-state index in [0.717, 1.165) is 25.9 Å². The number of carbonyl (C=O) groups excluding carboxylic acids is 1. The molecule has 1 N–H and O–H groups in total. The summed E-state index contributed by atoms with van der Waals surface area (Å²) in [6.07, 6.45) is 1.14. The molecule has 1 aliphatic heterocycles. The number of aromatic nitrogens is 2. The lowest BCUT2D eigenvalue weighted by atomic mass is 10.1. The van der Waals surface area contributed by atoms with Crippen LogP contribution < -0.4 is 10.2 Å². The Morgan fingerprint density at radius 2 is 2.10 bits per heavy atom. The zero-order chi connectivity index (χ0) is 14.8. The van der Waals surface area contributed by atoms with Crippen molar-refractivity contribution in [3.05, 3.63) is 4.47 Å². The maximum absolute atomic E-state index is 11.7. The van der Waals surface area contributed by atoms with E-state index < -0.39 is 0 Å². The Bertz CT molecular complexity index is 466. The monoisotopic (exact) mass is 318 g/mol. The van der Waals surface area contributed by atoms with Crippen molar-refractivity contribution in [2.24, 2.45) is 0 Å². The van der Waals surface area contributed by atoms with E-state index in [9.17, 15) is 4.79 Å². The Kier molecular flexibility index (Phi) is 4.70. The van der Waals surface area contributed by atoms with Gasteiger partial charge in [0.05, 0.1) is 0 Å². The number of carbonyl (C=O) groups is 1. The molecule has 2 heterocycles. The van der Waals surface area contributed by atoms with E-state index in [1.54, 1.807) is 0 Å². The minimum Gasteiger partial charge on any atom is -0.446 e. The summed E-state index contributed by atoms with van der Waals surface area (Å²) in [6.45, 7) is 7.30. The van der Waals surface area contributed by atoms with Crippen LogP contribution in [0.2, 0.25) is 4.47 Å². The van der Waals surface area contributed by atoms with Gasteiger partial charge in [-0.05, 0) is 32.4 Å². The molecule has 6 nitrogen and oxygen atoms in total. The van der Waals surface area contributed by atoms with E-state index in [4.69, 9.17) is 16.3 Å². The Morgan fingerprint density at radius 3 is 2.60 bits per heavy atom. The van der Waals surface area contributed by atoms with Gasteiger partial charge < -0.3 is 15.0 Å². The molecule has 0 saturated carbocycles. The van der Waals surface area contributed by atoms with Crippen LogP contribution in [-0.2, 0) is 4.74 Å². The predicted octanol–water partition coefficient (Wildman–Crippen LogP) is 2.69. The summed E-state index contributed by atoms with van der Waals surface area (Å²) in [5.74, 6) is 0.664. The second-order valence-corrected chi connectivity index (χ2v) is 7.15. The molecule has 1 saturated heterocycles. The molecule has 112 valence electrons. The maximum Gasteiger partial charge on any atom is 0.407 e. The first-order chi connectivity index (χ1) is 9.33. The third kappa shape index (κ3) is 4.49. The summed E-state index contributed by atoms with van der Waals surface area (Å²) in [5, 5.41) is 2.80. The topological polar surface area (TPSA) is 67.3 Å². The van der Waals surface area contributed by atoms with Gasteiger partial charge >= 0.3 is 6.09 Å². The summed E-state index contributed by atoms with van der Waals surface area (Å²) in [6, 6.07) is 0. The van der Waals surface area contributed by atoms with Crippen LogP contribution in [0, 0.1) is 0 Å². The molecule has 0 unspecified atom stereocenters. The summed E-state index contributed by atoms with van der Waals surface area (Å²) < 4.78 is 10.0. The van der Waals surface area contributed by atoms with Crippen LogP contribution in [0.3, 0.4) is 0 Å². The molecule has 0 aromatic carbocycles. The average molecular weight is 319 g/mol. The minimum absolute atomic E-state index is 0.0530. The van der Waals surface area contributed by atoms with Gasteiger partial charge in [-0.2, -0.15) is 9.36 Å². The number of alkyl carbamates (subject to hydrolysis) is 1. The molecule has 1 fully saturated rings. The number of ether oxygens (including phenoxy) is 1. The van der Waals surface area contributed by atoms with Crippen LogP contribution >= 0.6 is 23.1 Å². The van der Waals surface area contributed by atoms with Crippen molar-refractivity contribution in [2.45, 2.75) is 45.3 Å². The lowest BCUT2D eigenvalue weighted by Crippen LogP contribution is -2.44. The summed E-state index contributed by atoms with van der Waals surface area (Å²) in [4.78, 5) is 17.9. The van der Waals surface area contributed by atoms with Gasteiger partial charge in [-0.1, -0.05) is 0 Å². The van der Waals surface area contributed by atoms with E-state index in [-0.39, 0.29) is 17.7 Å². The fraction of sp³-hybridized carbons (Fsp3) is 0.750. The van der Waals surface area contributed by atoms with Crippen LogP contribution in [0.5, 0.6) is 0 Å². The first-order valence-electron chi connectivity index (χ1n) is 6.56. The lowest BCUT2D eigenvalue weighted by molar-refractivity contribution is 0.0776. The van der Waals surface area contributed by atoms with Gasteiger partial charge in [-0.3, -0.25) is 0 Å². The molecule has 20 heavy (non-hydrogen) atoms. The molecule has 8 heteroatoms. The lowest BCUT2D eigenvalue weighted by Gasteiger charge is -2.31. The van der Waals surface area contributed by atoms with Crippen molar-refractivity contribution in [2.75, 3.05) is 18.0 Å². The van der Waals surface area contributed by atoms with E-state index in [1.807, 2.05) is 20.8 Å². The van der Waals surface area contributed by atoms with Crippen molar-refractivity contribution in [1.29, 1.82) is 0 Å². The SMILES string of the molecule is CC(C)(C)NC(=O)OC1CCN(c2nsc(Cl)n2)CC1. The molecule has 2 rings (SSSR count). The zero-order valence-electron chi connectivity index (χ0n) is 11.9. The molecule has 0 radical (unpaired) electrons. The number of halogens is 1. The van der Waals surface area contributed by atoms with E-state index in [0.29, 0.717) is 10.4 Å². The smallest absolute Gasteiger partial charge is 0.407 e. The minimum atomic E-state index is -0.356. The fourth-order valence-corrected chi connectivity index (χ4v) is 2.60. The van der Waals surface area contributed by atoms with E-state index >= 15 is 0 Å². The van der Waals surface area contributed by atoms with E-state index in [2.05, 4.69) is 19.6 Å². The molecule has 1 aromatic heterocycles. The largest absolute Gasteiger partial charge is 0.446 e. The highest BCUT2D eigenvalue weighted by molar-refractivity contribution is 7.10. The average Bonchev–Trinajstić information content (AvgIpc) is 2.74. The third-order valence-corrected chi connectivity index (χ3v) is 3.65. The fourth-order valence-electron chi connectivity index (χ4n) is 1.99. The van der Waals surface area contributed by atoms with E-state index in [1.165, 1.54) is 11.5 Å². The van der Waals surface area contributed by atoms with Crippen LogP contribution in [0.25, 0.3) is 0 Å². The molecule has 0 atom stereocenters. The number of amides is 1. The first-order valence-corrected chi connectivity index (χ1v) is 7.71. The molecular formula is C12H19ClN4O2S. The Labute approximate surface area is 127 Å². The van der Waals surface area contributed by atoms with Crippen molar-refractivity contribution in [1.82, 2.24) is 14.7 Å². The second kappa shape index (κ2) is 6.13. The van der Waals surface area contributed by atoms with Crippen LogP contribution in [0.4, 0.5) is 10.7 Å². The van der Waals surface area contributed by atoms with Gasteiger partial charge in [0.2, 0.25) is 10.4 Å². The summed E-state index contributed by atoms with van der Waals surface area (Å²) in [7, 11) is 0. The second-order valence-electron chi connectivity index (χ2n) is 5.81. The van der Waals surface area contributed by atoms with Crippen LogP contribution in [-0.4, -0.2) is 40.2 Å². The third-order valence-electron chi connectivity index (χ3n) is 2.87. The van der Waals surface area contributed by atoms with Crippen molar-refractivity contribution >= 4 is 35.2 Å². The number of hydrogen-bond donors (Lipinski definition) is 1. The van der Waals surface area contributed by atoms with Gasteiger partial charge in [0, 0.05) is 43.0 Å². The highest BCUT2D eigenvalue weighted by Crippen LogP contribution is 2.22. The number of piperidine rings is 1. The van der Waals surface area contributed by atoms with Gasteiger partial charge in [-0.25, -0.2) is 4.79 Å². The normalized spacial score (nSPS) is 17.1. The molecule has 0 bridgehead atoms. The van der Waals surface area contributed by atoms with Gasteiger partial charge in [-0.15, -0.1) is 0 Å². The van der Waals surface area contributed by atoms with Crippen LogP contribution in [0.1, 0.15) is 33.6 Å². The highest BCUT2D eigenvalue weighted by atomic mass is 35.5. The highest BCUT2D eigenvalue weighted by Gasteiger charge is 2.25. The quantitative estimate of drug-likeness (QED) is 0.908. The number of rotatable bonds is 2. The molecule has 1 amide bonds. The van der Waals surface area contributed by atoms with Crippen molar-refractivity contribution < 1.29 is 9.53 Å². The van der Waals surface area contributed by atoms with Gasteiger partial charge in [0.25, 0.3) is 0 Å². The zero-order valence-corrected chi connectivity index (χ0v) is 13.4. The number of hydrogen-bond acceptors (Lipinski definition) is 6. The molecule has 1 aromatic rings. The number of nitrogens with one attached hydrogen (secondary N) is 1. The van der Waals surface area contributed by atoms with Crippen molar-refractivity contribution in [3.63, 3.8) is 0 Å². The molecule has 1 aliphatic rings. The van der Waals surface area contributed by atoms with Gasteiger partial charge in [0.1, 0.15) is 6.10 Å². The maximum atomic E-state index is 11.7. The summed E-state index contributed by atoms with van der Waals surface area (Å²) in [5.41, 5.74) is -0.279. The Morgan fingerprint density at radius 1 is 1.45 bits per heavy atom. The summed E-state index contributed by atoms with van der Waals surface area (Å²) >= 11 is 6.96. The first kappa shape index (κ1) is 15.3. The molecular weight excluding hydrogens is 300 g/mol. The molecule has 0 spiro atoms. The van der Waals surface area contributed by atoms with Gasteiger partial charge in [0.15, 0.2) is 0 Å². The predicted molar refractivity (Wildman–Crippen MR) is 79.5 cm³/mol. The Hall–Kier alpha value is -1.08. The van der Waals surface area contributed by atoms with Crippen LogP contribution in [0.15, 0.2) is 0 Å². The van der Waals surface area contributed by atoms with Crippen molar-refractivity contribution in [3.8, 4) is 0 Å².